The van der Waals surface area contributed by atoms with Crippen LogP contribution in [0.2, 0.25) is 0 Å². The molecule has 1 aromatic heterocycles. The minimum atomic E-state index is -0.282. The highest BCUT2D eigenvalue weighted by Crippen LogP contribution is 2.27. The molecule has 16 heavy (non-hydrogen) atoms. The van der Waals surface area contributed by atoms with Crippen LogP contribution >= 0.6 is 11.8 Å². The van der Waals surface area contributed by atoms with E-state index >= 15 is 0 Å². The average Bonchev–Trinajstić information content (AvgIpc) is 2.66. The molecular weight excluding hydrogens is 227 g/mol. The highest BCUT2D eigenvalue weighted by Gasteiger charge is 2.04. The van der Waals surface area contributed by atoms with Crippen molar-refractivity contribution in [3.63, 3.8) is 0 Å². The summed E-state index contributed by atoms with van der Waals surface area (Å²) in [7, 11) is 1.80. The molecule has 0 aliphatic rings. The Morgan fingerprint density at radius 1 is 1.50 bits per heavy atom. The molecule has 2 N–H and O–H groups in total. The fourth-order valence-corrected chi connectivity index (χ4v) is 2.11. The van der Waals surface area contributed by atoms with Gasteiger partial charge in [0.1, 0.15) is 5.82 Å². The first-order valence-electron chi connectivity index (χ1n) is 4.68. The van der Waals surface area contributed by atoms with Gasteiger partial charge in [-0.3, -0.25) is 4.68 Å². The molecule has 0 bridgehead atoms. The van der Waals surface area contributed by atoms with Crippen LogP contribution in [0, 0.1) is 5.82 Å². The lowest BCUT2D eigenvalue weighted by Gasteiger charge is -2.03. The molecule has 0 fully saturated rings. The van der Waals surface area contributed by atoms with Crippen molar-refractivity contribution in [1.82, 2.24) is 15.0 Å². The minimum Gasteiger partial charge on any atom is -0.398 e. The van der Waals surface area contributed by atoms with Crippen LogP contribution in [0.4, 0.5) is 10.1 Å². The van der Waals surface area contributed by atoms with E-state index in [1.165, 1.54) is 23.9 Å². The largest absolute Gasteiger partial charge is 0.398 e. The lowest BCUT2D eigenvalue weighted by atomic mass is 10.3. The van der Waals surface area contributed by atoms with E-state index in [1.807, 2.05) is 6.20 Å². The van der Waals surface area contributed by atoms with Gasteiger partial charge < -0.3 is 5.73 Å². The predicted octanol–water partition coefficient (Wildman–Crippen LogP) is 1.83. The van der Waals surface area contributed by atoms with Gasteiger partial charge in [-0.15, -0.1) is 16.9 Å². The Morgan fingerprint density at radius 3 is 3.00 bits per heavy atom. The number of anilines is 1. The summed E-state index contributed by atoms with van der Waals surface area (Å²) in [6.45, 7) is 0. The van der Waals surface area contributed by atoms with Crippen LogP contribution < -0.4 is 5.73 Å². The van der Waals surface area contributed by atoms with Crippen LogP contribution in [-0.4, -0.2) is 15.0 Å². The lowest BCUT2D eigenvalue weighted by Crippen LogP contribution is -1.90. The zero-order valence-electron chi connectivity index (χ0n) is 8.72. The maximum absolute atomic E-state index is 13.0. The molecule has 0 amide bonds. The summed E-state index contributed by atoms with van der Waals surface area (Å²) >= 11 is 1.45. The Morgan fingerprint density at radius 2 is 2.31 bits per heavy atom. The van der Waals surface area contributed by atoms with Crippen LogP contribution in [0.5, 0.6) is 0 Å². The second-order valence-corrected chi connectivity index (χ2v) is 4.37. The van der Waals surface area contributed by atoms with Crippen LogP contribution in [-0.2, 0) is 12.8 Å². The fourth-order valence-electron chi connectivity index (χ4n) is 1.25. The van der Waals surface area contributed by atoms with E-state index in [0.717, 1.165) is 10.6 Å². The zero-order chi connectivity index (χ0) is 11.5. The molecule has 6 heteroatoms. The summed E-state index contributed by atoms with van der Waals surface area (Å²) in [6, 6.07) is 4.34. The molecule has 0 aliphatic carbocycles. The van der Waals surface area contributed by atoms with Crippen molar-refractivity contribution in [2.45, 2.75) is 10.6 Å². The van der Waals surface area contributed by atoms with Gasteiger partial charge in [0.2, 0.25) is 0 Å². The molecule has 0 spiro atoms. The Labute approximate surface area is 96.6 Å². The van der Waals surface area contributed by atoms with Crippen LogP contribution in [0.1, 0.15) is 5.69 Å². The number of aryl methyl sites for hydroxylation is 1. The number of benzene rings is 1. The van der Waals surface area contributed by atoms with Crippen molar-refractivity contribution in [1.29, 1.82) is 0 Å². The molecule has 0 atom stereocenters. The number of hydrogen-bond donors (Lipinski definition) is 1. The third kappa shape index (κ3) is 2.52. The molecule has 2 rings (SSSR count). The molecule has 0 aliphatic heterocycles. The summed E-state index contributed by atoms with van der Waals surface area (Å²) in [6.07, 6.45) is 1.82. The van der Waals surface area contributed by atoms with Crippen molar-refractivity contribution in [2.75, 3.05) is 5.73 Å². The summed E-state index contributed by atoms with van der Waals surface area (Å²) in [5, 5.41) is 7.76. The van der Waals surface area contributed by atoms with Gasteiger partial charge in [0.15, 0.2) is 0 Å². The van der Waals surface area contributed by atoms with Crippen LogP contribution in [0.15, 0.2) is 29.3 Å². The number of nitrogens with two attached hydrogens (primary N) is 1. The van der Waals surface area contributed by atoms with Gasteiger partial charge in [-0.2, -0.15) is 0 Å². The second kappa shape index (κ2) is 4.52. The van der Waals surface area contributed by atoms with Gasteiger partial charge in [0.05, 0.1) is 5.69 Å². The molecule has 1 aromatic carbocycles. The van der Waals surface area contributed by atoms with Crippen LogP contribution in [0.3, 0.4) is 0 Å². The molecule has 4 nitrogen and oxygen atoms in total. The lowest BCUT2D eigenvalue weighted by molar-refractivity contribution is 0.624. The van der Waals surface area contributed by atoms with Gasteiger partial charge in [-0.25, -0.2) is 4.39 Å². The first-order valence-corrected chi connectivity index (χ1v) is 5.67. The van der Waals surface area contributed by atoms with Crippen molar-refractivity contribution in [2.24, 2.45) is 7.05 Å². The smallest absolute Gasteiger partial charge is 0.124 e. The molecule has 0 unspecified atom stereocenters. The Hall–Kier alpha value is -1.56. The summed E-state index contributed by atoms with van der Waals surface area (Å²) in [4.78, 5) is 0.727. The molecule has 0 saturated heterocycles. The number of nitrogens with zero attached hydrogens (tertiary/aromatic N) is 3. The monoisotopic (exact) mass is 238 g/mol. The van der Waals surface area contributed by atoms with Gasteiger partial charge in [-0.1, -0.05) is 5.21 Å². The Kier molecular flexibility index (Phi) is 3.09. The second-order valence-electron chi connectivity index (χ2n) is 3.35. The molecule has 2 aromatic rings. The molecule has 84 valence electrons. The van der Waals surface area contributed by atoms with Crippen LogP contribution in [0.25, 0.3) is 0 Å². The Balaban J connectivity index is 2.07. The highest BCUT2D eigenvalue weighted by molar-refractivity contribution is 7.98. The van der Waals surface area contributed by atoms with Crippen molar-refractivity contribution >= 4 is 17.4 Å². The van der Waals surface area contributed by atoms with E-state index in [-0.39, 0.29) is 5.82 Å². The maximum atomic E-state index is 13.0. The van der Waals surface area contributed by atoms with Gasteiger partial charge in [0.25, 0.3) is 0 Å². The van der Waals surface area contributed by atoms with E-state index in [9.17, 15) is 4.39 Å². The number of thioether (sulfide) groups is 1. The molecule has 0 radical (unpaired) electrons. The van der Waals surface area contributed by atoms with Gasteiger partial charge >= 0.3 is 0 Å². The topological polar surface area (TPSA) is 56.7 Å². The van der Waals surface area contributed by atoms with E-state index in [2.05, 4.69) is 10.3 Å². The van der Waals surface area contributed by atoms with E-state index < -0.39 is 0 Å². The minimum absolute atomic E-state index is 0.282. The highest BCUT2D eigenvalue weighted by atomic mass is 32.2. The van der Waals surface area contributed by atoms with E-state index in [0.29, 0.717) is 11.4 Å². The SMILES string of the molecule is Cn1cc(CSc2cc(F)ccc2N)nn1. The number of rotatable bonds is 3. The number of nitrogen functional groups attached to an aromatic ring is 1. The summed E-state index contributed by atoms with van der Waals surface area (Å²) in [5.74, 6) is 0.345. The number of aromatic nitrogens is 3. The third-order valence-corrected chi connectivity index (χ3v) is 3.11. The molecular formula is C10H11FN4S. The first-order chi connectivity index (χ1) is 7.65. The predicted molar refractivity (Wildman–Crippen MR) is 61.4 cm³/mol. The van der Waals surface area contributed by atoms with Gasteiger partial charge in [0, 0.05) is 29.6 Å². The van der Waals surface area contributed by atoms with Gasteiger partial charge in [-0.05, 0) is 18.2 Å². The van der Waals surface area contributed by atoms with Crippen molar-refractivity contribution < 1.29 is 4.39 Å². The first kappa shape index (κ1) is 10.9. The Bertz CT molecular complexity index is 497. The zero-order valence-corrected chi connectivity index (χ0v) is 9.54. The van der Waals surface area contributed by atoms with Crippen molar-refractivity contribution in [3.8, 4) is 0 Å². The normalized spacial score (nSPS) is 10.6. The average molecular weight is 238 g/mol. The fraction of sp³-hybridized carbons (Fsp3) is 0.200. The summed E-state index contributed by atoms with van der Waals surface area (Å²) < 4.78 is 14.6. The third-order valence-electron chi connectivity index (χ3n) is 2.00. The standard InChI is InChI=1S/C10H11FN4S/c1-15-5-8(13-14-15)6-16-10-4-7(11)2-3-9(10)12/h2-5H,6,12H2,1H3. The number of halogens is 1. The number of hydrogen-bond acceptors (Lipinski definition) is 4. The van der Waals surface area contributed by atoms with E-state index in [4.69, 9.17) is 5.73 Å². The van der Waals surface area contributed by atoms with E-state index in [1.54, 1.807) is 17.8 Å². The quantitative estimate of drug-likeness (QED) is 0.654. The summed E-state index contributed by atoms with van der Waals surface area (Å²) in [5.41, 5.74) is 7.15. The maximum Gasteiger partial charge on any atom is 0.124 e. The van der Waals surface area contributed by atoms with Crippen molar-refractivity contribution in [3.05, 3.63) is 35.9 Å². The molecule has 0 saturated carbocycles. The molecule has 1 heterocycles.